The zero-order valence-corrected chi connectivity index (χ0v) is 15.4. The SMILES string of the molecule is CC(C)Oc1ccc(F)c(-c2ccc(F)c(CN[C@H](C)C(C)C)n2)c1. The third-order valence-corrected chi connectivity index (χ3v) is 4.10. The first-order chi connectivity index (χ1) is 11.8. The van der Waals surface area contributed by atoms with Crippen molar-refractivity contribution in [1.29, 1.82) is 0 Å². The van der Waals surface area contributed by atoms with Gasteiger partial charge in [0.15, 0.2) is 0 Å². The van der Waals surface area contributed by atoms with Gasteiger partial charge in [-0.25, -0.2) is 13.8 Å². The molecule has 0 unspecified atom stereocenters. The van der Waals surface area contributed by atoms with E-state index in [-0.39, 0.29) is 17.8 Å². The van der Waals surface area contributed by atoms with Gasteiger partial charge in [0.25, 0.3) is 0 Å². The molecule has 2 aromatic rings. The Bertz CT molecular complexity index is 717. The zero-order valence-electron chi connectivity index (χ0n) is 15.4. The van der Waals surface area contributed by atoms with E-state index in [4.69, 9.17) is 4.74 Å². The molecule has 0 saturated carbocycles. The fourth-order valence-corrected chi connectivity index (χ4v) is 2.30. The Balaban J connectivity index is 2.29. The molecule has 3 nitrogen and oxygen atoms in total. The van der Waals surface area contributed by atoms with E-state index in [1.54, 1.807) is 12.1 Å². The van der Waals surface area contributed by atoms with Crippen molar-refractivity contribution in [3.8, 4) is 17.0 Å². The number of halogens is 2. The van der Waals surface area contributed by atoms with Crippen molar-refractivity contribution in [3.05, 3.63) is 47.7 Å². The Morgan fingerprint density at radius 3 is 2.32 bits per heavy atom. The zero-order chi connectivity index (χ0) is 18.6. The van der Waals surface area contributed by atoms with Crippen LogP contribution < -0.4 is 10.1 Å². The number of hydrogen-bond acceptors (Lipinski definition) is 3. The average Bonchev–Trinajstić information content (AvgIpc) is 2.55. The van der Waals surface area contributed by atoms with Crippen LogP contribution in [0.3, 0.4) is 0 Å². The Kier molecular flexibility index (Phi) is 6.48. The first-order valence-electron chi connectivity index (χ1n) is 8.63. The smallest absolute Gasteiger partial charge is 0.146 e. The van der Waals surface area contributed by atoms with Gasteiger partial charge in [-0.2, -0.15) is 0 Å². The molecular weight excluding hydrogens is 322 g/mol. The predicted octanol–water partition coefficient (Wildman–Crippen LogP) is 4.95. The van der Waals surface area contributed by atoms with Crippen LogP contribution in [-0.2, 0) is 6.54 Å². The lowest BCUT2D eigenvalue weighted by Crippen LogP contribution is -2.30. The van der Waals surface area contributed by atoms with Crippen molar-refractivity contribution < 1.29 is 13.5 Å². The predicted molar refractivity (Wildman–Crippen MR) is 96.5 cm³/mol. The largest absolute Gasteiger partial charge is 0.491 e. The number of pyridine rings is 1. The summed E-state index contributed by atoms with van der Waals surface area (Å²) in [6.45, 7) is 10.3. The summed E-state index contributed by atoms with van der Waals surface area (Å²) in [5.74, 6) is 0.172. The van der Waals surface area contributed by atoms with E-state index >= 15 is 0 Å². The van der Waals surface area contributed by atoms with Crippen LogP contribution in [-0.4, -0.2) is 17.1 Å². The minimum atomic E-state index is -0.412. The number of nitrogens with one attached hydrogen (secondary N) is 1. The van der Waals surface area contributed by atoms with Crippen LogP contribution in [0.15, 0.2) is 30.3 Å². The van der Waals surface area contributed by atoms with Gasteiger partial charge in [0.2, 0.25) is 0 Å². The summed E-state index contributed by atoms with van der Waals surface area (Å²) in [6.07, 6.45) is -0.0169. The highest BCUT2D eigenvalue weighted by atomic mass is 19.1. The molecule has 136 valence electrons. The molecule has 1 atom stereocenters. The number of ether oxygens (including phenoxy) is 1. The summed E-state index contributed by atoms with van der Waals surface area (Å²) in [6, 6.07) is 7.57. The summed E-state index contributed by atoms with van der Waals surface area (Å²) >= 11 is 0. The number of hydrogen-bond donors (Lipinski definition) is 1. The molecular formula is C20H26F2N2O. The Hall–Kier alpha value is -2.01. The second-order valence-corrected chi connectivity index (χ2v) is 6.85. The van der Waals surface area contributed by atoms with E-state index < -0.39 is 11.6 Å². The third kappa shape index (κ3) is 5.23. The fourth-order valence-electron chi connectivity index (χ4n) is 2.30. The molecule has 0 aliphatic heterocycles. The normalized spacial score (nSPS) is 12.7. The summed E-state index contributed by atoms with van der Waals surface area (Å²) in [4.78, 5) is 4.32. The van der Waals surface area contributed by atoms with Crippen LogP contribution in [0.2, 0.25) is 0 Å². The van der Waals surface area contributed by atoms with E-state index in [0.29, 0.717) is 29.5 Å². The Labute approximate surface area is 148 Å². The molecule has 1 N–H and O–H groups in total. The van der Waals surface area contributed by atoms with Crippen LogP contribution in [0.1, 0.15) is 40.3 Å². The van der Waals surface area contributed by atoms with Crippen LogP contribution >= 0.6 is 0 Å². The van der Waals surface area contributed by atoms with Gasteiger partial charge in [-0.1, -0.05) is 13.8 Å². The minimum absolute atomic E-state index is 0.0169. The van der Waals surface area contributed by atoms with E-state index in [9.17, 15) is 8.78 Å². The molecule has 0 amide bonds. The molecule has 0 aliphatic rings. The lowest BCUT2D eigenvalue weighted by atomic mass is 10.1. The van der Waals surface area contributed by atoms with Crippen molar-refractivity contribution in [1.82, 2.24) is 10.3 Å². The molecule has 5 heteroatoms. The van der Waals surface area contributed by atoms with Crippen LogP contribution in [0.5, 0.6) is 5.75 Å². The van der Waals surface area contributed by atoms with Crippen molar-refractivity contribution in [2.24, 2.45) is 5.92 Å². The quantitative estimate of drug-likeness (QED) is 0.769. The van der Waals surface area contributed by atoms with Gasteiger partial charge in [-0.15, -0.1) is 0 Å². The van der Waals surface area contributed by atoms with Gasteiger partial charge in [0, 0.05) is 18.2 Å². The molecule has 0 bridgehead atoms. The molecule has 1 aromatic carbocycles. The molecule has 0 saturated heterocycles. The number of aromatic nitrogens is 1. The monoisotopic (exact) mass is 348 g/mol. The number of nitrogens with zero attached hydrogens (tertiary/aromatic N) is 1. The van der Waals surface area contributed by atoms with Gasteiger partial charge >= 0.3 is 0 Å². The fraction of sp³-hybridized carbons (Fsp3) is 0.450. The van der Waals surface area contributed by atoms with Crippen LogP contribution in [0.4, 0.5) is 8.78 Å². The molecule has 0 aliphatic carbocycles. The first-order valence-corrected chi connectivity index (χ1v) is 8.63. The van der Waals surface area contributed by atoms with Crippen molar-refractivity contribution in [2.45, 2.75) is 53.3 Å². The van der Waals surface area contributed by atoms with E-state index in [0.717, 1.165) is 0 Å². The van der Waals surface area contributed by atoms with Gasteiger partial charge in [0.05, 0.1) is 17.5 Å². The molecule has 1 heterocycles. The standard InChI is InChI=1S/C20H26F2N2O/c1-12(2)14(5)23-11-20-18(22)8-9-19(24-20)16-10-15(25-13(3)4)6-7-17(16)21/h6-10,12-14,23H,11H2,1-5H3/t14-/m1/s1. The summed E-state index contributed by atoms with van der Waals surface area (Å²) in [5.41, 5.74) is 0.970. The minimum Gasteiger partial charge on any atom is -0.491 e. The van der Waals surface area contributed by atoms with Crippen LogP contribution in [0, 0.1) is 17.6 Å². The van der Waals surface area contributed by atoms with Gasteiger partial charge < -0.3 is 10.1 Å². The second kappa shape index (κ2) is 8.39. The maximum atomic E-state index is 14.2. The highest BCUT2D eigenvalue weighted by Crippen LogP contribution is 2.27. The van der Waals surface area contributed by atoms with Crippen molar-refractivity contribution in [3.63, 3.8) is 0 Å². The Morgan fingerprint density at radius 1 is 1.00 bits per heavy atom. The second-order valence-electron chi connectivity index (χ2n) is 6.85. The maximum absolute atomic E-state index is 14.2. The summed E-state index contributed by atoms with van der Waals surface area (Å²) in [7, 11) is 0. The molecule has 0 radical (unpaired) electrons. The number of rotatable bonds is 7. The highest BCUT2D eigenvalue weighted by molar-refractivity contribution is 5.62. The molecule has 1 aromatic heterocycles. The molecule has 0 fully saturated rings. The lowest BCUT2D eigenvalue weighted by Gasteiger charge is -2.17. The maximum Gasteiger partial charge on any atom is 0.146 e. The third-order valence-electron chi connectivity index (χ3n) is 4.10. The first kappa shape index (κ1) is 19.3. The Morgan fingerprint density at radius 2 is 1.68 bits per heavy atom. The van der Waals surface area contributed by atoms with Crippen molar-refractivity contribution in [2.75, 3.05) is 0 Å². The van der Waals surface area contributed by atoms with Gasteiger partial charge in [0.1, 0.15) is 17.4 Å². The summed E-state index contributed by atoms with van der Waals surface area (Å²) in [5, 5.41) is 3.25. The van der Waals surface area contributed by atoms with E-state index in [1.165, 1.54) is 18.2 Å². The molecule has 25 heavy (non-hydrogen) atoms. The van der Waals surface area contributed by atoms with E-state index in [2.05, 4.69) is 24.1 Å². The molecule has 2 rings (SSSR count). The topological polar surface area (TPSA) is 34.1 Å². The van der Waals surface area contributed by atoms with E-state index in [1.807, 2.05) is 20.8 Å². The van der Waals surface area contributed by atoms with Gasteiger partial charge in [-0.05, 0) is 57.0 Å². The molecule has 0 spiro atoms. The number of benzene rings is 1. The summed E-state index contributed by atoms with van der Waals surface area (Å²) < 4.78 is 33.9. The van der Waals surface area contributed by atoms with Gasteiger partial charge in [-0.3, -0.25) is 0 Å². The highest BCUT2D eigenvalue weighted by Gasteiger charge is 2.14. The van der Waals surface area contributed by atoms with Crippen LogP contribution in [0.25, 0.3) is 11.3 Å². The lowest BCUT2D eigenvalue weighted by molar-refractivity contribution is 0.242. The van der Waals surface area contributed by atoms with Crippen molar-refractivity contribution >= 4 is 0 Å². The average molecular weight is 348 g/mol.